The summed E-state index contributed by atoms with van der Waals surface area (Å²) in [5.41, 5.74) is 1.23. The lowest BCUT2D eigenvalue weighted by atomic mass is 10.2. The van der Waals surface area contributed by atoms with Crippen molar-refractivity contribution in [1.82, 2.24) is 0 Å². The number of carbonyl (C=O) groups is 2. The van der Waals surface area contributed by atoms with Crippen LogP contribution in [0.5, 0.6) is 0 Å². The lowest BCUT2D eigenvalue weighted by Crippen LogP contribution is -2.32. The van der Waals surface area contributed by atoms with Crippen LogP contribution in [0.2, 0.25) is 0 Å². The predicted octanol–water partition coefficient (Wildman–Crippen LogP) is 4.19. The molecular formula is C21H25F2N3O2. The molecule has 0 atom stereocenters. The molecule has 0 aliphatic carbocycles. The highest BCUT2D eigenvalue weighted by Gasteiger charge is 2.16. The van der Waals surface area contributed by atoms with Gasteiger partial charge in [0.2, 0.25) is 11.8 Å². The third-order valence-electron chi connectivity index (χ3n) is 4.46. The number of nitrogens with one attached hydrogen (secondary N) is 1. The number of hydrogen-bond donors (Lipinski definition) is 1. The molecule has 0 spiro atoms. The summed E-state index contributed by atoms with van der Waals surface area (Å²) in [6, 6.07) is 10.9. The van der Waals surface area contributed by atoms with E-state index in [-0.39, 0.29) is 18.9 Å². The van der Waals surface area contributed by atoms with Gasteiger partial charge in [0.15, 0.2) is 0 Å². The summed E-state index contributed by atoms with van der Waals surface area (Å²) in [4.78, 5) is 27.8. The van der Waals surface area contributed by atoms with Gasteiger partial charge in [0.25, 0.3) is 0 Å². The van der Waals surface area contributed by atoms with Gasteiger partial charge in [-0.1, -0.05) is 6.07 Å². The third-order valence-corrected chi connectivity index (χ3v) is 4.46. The maximum absolute atomic E-state index is 13.6. The summed E-state index contributed by atoms with van der Waals surface area (Å²) in [7, 11) is 0. The molecule has 2 rings (SSSR count). The Morgan fingerprint density at radius 1 is 0.929 bits per heavy atom. The van der Waals surface area contributed by atoms with Gasteiger partial charge in [0, 0.05) is 44.4 Å². The largest absolute Gasteiger partial charge is 0.372 e. The molecule has 28 heavy (non-hydrogen) atoms. The number of anilines is 3. The van der Waals surface area contributed by atoms with Gasteiger partial charge in [0.1, 0.15) is 17.3 Å². The number of para-hydroxylation sites is 1. The lowest BCUT2D eigenvalue weighted by molar-refractivity contribution is -0.117. The lowest BCUT2D eigenvalue weighted by Gasteiger charge is -2.24. The van der Waals surface area contributed by atoms with Crippen LogP contribution in [0.1, 0.15) is 27.2 Å². The fourth-order valence-electron chi connectivity index (χ4n) is 2.93. The van der Waals surface area contributed by atoms with Crippen molar-refractivity contribution >= 4 is 28.9 Å². The Balaban J connectivity index is 2.05. The van der Waals surface area contributed by atoms with Gasteiger partial charge in [0.05, 0.1) is 0 Å². The van der Waals surface area contributed by atoms with Crippen molar-refractivity contribution < 1.29 is 18.4 Å². The molecular weight excluding hydrogens is 364 g/mol. The summed E-state index contributed by atoms with van der Waals surface area (Å²) >= 11 is 0. The Morgan fingerprint density at radius 3 is 1.96 bits per heavy atom. The van der Waals surface area contributed by atoms with Crippen molar-refractivity contribution in [1.29, 1.82) is 0 Å². The summed E-state index contributed by atoms with van der Waals surface area (Å²) in [6.07, 6.45) is -0.0921. The number of hydrogen-bond acceptors (Lipinski definition) is 3. The van der Waals surface area contributed by atoms with E-state index in [1.165, 1.54) is 17.9 Å². The molecule has 0 unspecified atom stereocenters. The smallest absolute Gasteiger partial charge is 0.226 e. The standard InChI is InChI=1S/C21H25F2N3O2/c1-4-25(5-2)16-9-11-17(12-10-16)26(15(3)27)14-13-20(28)24-21-18(22)7-6-8-19(21)23/h6-12H,4-5,13-14H2,1-3H3,(H,24,28). The number of amides is 2. The van der Waals surface area contributed by atoms with Crippen LogP contribution < -0.4 is 15.1 Å². The molecule has 5 nitrogen and oxygen atoms in total. The minimum atomic E-state index is -0.844. The van der Waals surface area contributed by atoms with E-state index in [1.807, 2.05) is 24.3 Å². The van der Waals surface area contributed by atoms with Gasteiger partial charge >= 0.3 is 0 Å². The van der Waals surface area contributed by atoms with Crippen LogP contribution in [0, 0.1) is 11.6 Å². The number of halogens is 2. The van der Waals surface area contributed by atoms with E-state index >= 15 is 0 Å². The zero-order chi connectivity index (χ0) is 20.7. The Bertz CT molecular complexity index is 801. The van der Waals surface area contributed by atoms with Crippen LogP contribution in [0.25, 0.3) is 0 Å². The van der Waals surface area contributed by atoms with Gasteiger partial charge in [-0.2, -0.15) is 0 Å². The molecule has 0 bridgehead atoms. The van der Waals surface area contributed by atoms with Crippen LogP contribution >= 0.6 is 0 Å². The number of carbonyl (C=O) groups excluding carboxylic acids is 2. The summed E-state index contributed by atoms with van der Waals surface area (Å²) in [5, 5.41) is 2.23. The van der Waals surface area contributed by atoms with E-state index < -0.39 is 23.2 Å². The van der Waals surface area contributed by atoms with Crippen molar-refractivity contribution in [3.63, 3.8) is 0 Å². The van der Waals surface area contributed by atoms with Crippen LogP contribution in [-0.4, -0.2) is 31.4 Å². The molecule has 2 amide bonds. The van der Waals surface area contributed by atoms with Crippen molar-refractivity contribution in [3.8, 4) is 0 Å². The number of nitrogens with zero attached hydrogens (tertiary/aromatic N) is 2. The van der Waals surface area contributed by atoms with Gasteiger partial charge in [-0.15, -0.1) is 0 Å². The molecule has 2 aromatic rings. The predicted molar refractivity (Wildman–Crippen MR) is 108 cm³/mol. The number of rotatable bonds is 8. The van der Waals surface area contributed by atoms with E-state index in [2.05, 4.69) is 24.1 Å². The van der Waals surface area contributed by atoms with Gasteiger partial charge in [-0.05, 0) is 50.2 Å². The quantitative estimate of drug-likeness (QED) is 0.736. The van der Waals surface area contributed by atoms with Crippen molar-refractivity contribution in [2.45, 2.75) is 27.2 Å². The molecule has 7 heteroatoms. The van der Waals surface area contributed by atoms with Crippen LogP contribution in [0.4, 0.5) is 25.8 Å². The van der Waals surface area contributed by atoms with E-state index in [4.69, 9.17) is 0 Å². The zero-order valence-corrected chi connectivity index (χ0v) is 16.3. The zero-order valence-electron chi connectivity index (χ0n) is 16.3. The molecule has 0 aliphatic heterocycles. The van der Waals surface area contributed by atoms with Gasteiger partial charge in [-0.3, -0.25) is 9.59 Å². The minimum Gasteiger partial charge on any atom is -0.372 e. The van der Waals surface area contributed by atoms with Crippen molar-refractivity contribution in [2.75, 3.05) is 34.8 Å². The Kier molecular flexibility index (Phi) is 7.49. The molecule has 0 aromatic heterocycles. The highest BCUT2D eigenvalue weighted by Crippen LogP contribution is 2.22. The topological polar surface area (TPSA) is 52.6 Å². The average Bonchev–Trinajstić information content (AvgIpc) is 2.67. The van der Waals surface area contributed by atoms with Crippen LogP contribution in [0.15, 0.2) is 42.5 Å². The van der Waals surface area contributed by atoms with E-state index in [0.29, 0.717) is 5.69 Å². The fraction of sp³-hybridized carbons (Fsp3) is 0.333. The van der Waals surface area contributed by atoms with Crippen molar-refractivity contribution in [3.05, 3.63) is 54.1 Å². The summed E-state index contributed by atoms with van der Waals surface area (Å²) < 4.78 is 27.3. The van der Waals surface area contributed by atoms with E-state index in [0.717, 1.165) is 30.9 Å². The highest BCUT2D eigenvalue weighted by molar-refractivity contribution is 5.95. The maximum Gasteiger partial charge on any atom is 0.226 e. The normalized spacial score (nSPS) is 10.5. The van der Waals surface area contributed by atoms with Crippen LogP contribution in [-0.2, 0) is 9.59 Å². The number of benzene rings is 2. The first-order valence-corrected chi connectivity index (χ1v) is 9.24. The molecule has 0 saturated heterocycles. The average molecular weight is 389 g/mol. The molecule has 0 saturated carbocycles. The van der Waals surface area contributed by atoms with Crippen molar-refractivity contribution in [2.24, 2.45) is 0 Å². The highest BCUT2D eigenvalue weighted by atomic mass is 19.1. The molecule has 0 aliphatic rings. The first-order valence-electron chi connectivity index (χ1n) is 9.24. The molecule has 0 fully saturated rings. The first-order chi connectivity index (χ1) is 13.4. The minimum absolute atomic E-state index is 0.0921. The third kappa shape index (κ3) is 5.28. The second-order valence-corrected chi connectivity index (χ2v) is 6.25. The molecule has 0 heterocycles. The summed E-state index contributed by atoms with van der Waals surface area (Å²) in [5.74, 6) is -2.48. The Labute approximate surface area is 163 Å². The monoisotopic (exact) mass is 389 g/mol. The van der Waals surface area contributed by atoms with Gasteiger partial charge < -0.3 is 15.1 Å². The van der Waals surface area contributed by atoms with Crippen LogP contribution in [0.3, 0.4) is 0 Å². The van der Waals surface area contributed by atoms with E-state index in [1.54, 1.807) is 0 Å². The first kappa shape index (κ1) is 21.3. The fourth-order valence-corrected chi connectivity index (χ4v) is 2.93. The second-order valence-electron chi connectivity index (χ2n) is 6.25. The molecule has 2 aromatic carbocycles. The second kappa shape index (κ2) is 9.82. The van der Waals surface area contributed by atoms with Gasteiger partial charge in [-0.25, -0.2) is 8.78 Å². The molecule has 0 radical (unpaired) electrons. The summed E-state index contributed by atoms with van der Waals surface area (Å²) in [6.45, 7) is 7.39. The Hall–Kier alpha value is -2.96. The maximum atomic E-state index is 13.6. The molecule has 150 valence electrons. The Morgan fingerprint density at radius 2 is 1.46 bits per heavy atom. The van der Waals surface area contributed by atoms with E-state index in [9.17, 15) is 18.4 Å². The molecule has 1 N–H and O–H groups in total. The SMILES string of the molecule is CCN(CC)c1ccc(N(CCC(=O)Nc2c(F)cccc2F)C(C)=O)cc1.